The van der Waals surface area contributed by atoms with Gasteiger partial charge in [-0.1, -0.05) is 18.2 Å². The lowest BCUT2D eigenvalue weighted by molar-refractivity contribution is -0.274. The van der Waals surface area contributed by atoms with Gasteiger partial charge in [-0.15, -0.1) is 13.2 Å². The number of para-hydroxylation sites is 1. The van der Waals surface area contributed by atoms with Crippen LogP contribution in [0.4, 0.5) is 29.3 Å². The molecule has 3 N–H and O–H groups in total. The van der Waals surface area contributed by atoms with Crippen LogP contribution < -0.4 is 20.7 Å². The van der Waals surface area contributed by atoms with Crippen LogP contribution in [-0.4, -0.2) is 48.9 Å². The van der Waals surface area contributed by atoms with Crippen molar-refractivity contribution in [3.63, 3.8) is 0 Å². The maximum absolute atomic E-state index is 12.2. The third-order valence-electron chi connectivity index (χ3n) is 4.69. The van der Waals surface area contributed by atoms with Crippen molar-refractivity contribution in [3.8, 4) is 5.75 Å². The Hall–Kier alpha value is -3.27. The Kier molecular flexibility index (Phi) is 7.35. The lowest BCUT2D eigenvalue weighted by Crippen LogP contribution is -2.47. The zero-order valence-electron chi connectivity index (χ0n) is 16.6. The van der Waals surface area contributed by atoms with Gasteiger partial charge >= 0.3 is 12.4 Å². The number of alkyl halides is 3. The van der Waals surface area contributed by atoms with Crippen molar-refractivity contribution in [1.29, 1.82) is 0 Å². The zero-order chi connectivity index (χ0) is 22.3. The Labute approximate surface area is 177 Å². The number of anilines is 2. The molecule has 2 aromatic carbocycles. The Morgan fingerprint density at radius 2 is 1.55 bits per heavy atom. The van der Waals surface area contributed by atoms with E-state index in [0.29, 0.717) is 37.3 Å². The molecule has 0 bridgehead atoms. The summed E-state index contributed by atoms with van der Waals surface area (Å²) in [6, 6.07) is 13.9. The average Bonchev–Trinajstić information content (AvgIpc) is 2.70. The normalized spacial score (nSPS) is 15.2. The predicted octanol–water partition coefficient (Wildman–Crippen LogP) is 3.81. The first-order valence-electron chi connectivity index (χ1n) is 9.77. The number of likely N-dealkylation sites (tertiary alicyclic amines) is 1. The zero-order valence-corrected chi connectivity index (χ0v) is 16.6. The van der Waals surface area contributed by atoms with Gasteiger partial charge in [0.15, 0.2) is 0 Å². The second kappa shape index (κ2) is 10.2. The molecule has 0 radical (unpaired) electrons. The van der Waals surface area contributed by atoms with E-state index in [9.17, 15) is 22.8 Å². The van der Waals surface area contributed by atoms with Crippen molar-refractivity contribution in [2.24, 2.45) is 0 Å². The molecule has 0 unspecified atom stereocenters. The molecule has 31 heavy (non-hydrogen) atoms. The summed E-state index contributed by atoms with van der Waals surface area (Å²) in [4.78, 5) is 26.2. The third-order valence-corrected chi connectivity index (χ3v) is 4.69. The van der Waals surface area contributed by atoms with Crippen LogP contribution in [0.5, 0.6) is 5.75 Å². The minimum atomic E-state index is -4.76. The van der Waals surface area contributed by atoms with Gasteiger partial charge in [0.25, 0.3) is 0 Å². The Morgan fingerprint density at radius 3 is 2.16 bits per heavy atom. The van der Waals surface area contributed by atoms with E-state index < -0.39 is 6.36 Å². The molecule has 0 saturated carbocycles. The van der Waals surface area contributed by atoms with Crippen LogP contribution in [0, 0.1) is 0 Å². The molecule has 10 heteroatoms. The lowest BCUT2D eigenvalue weighted by atomic mass is 10.1. The average molecular weight is 436 g/mol. The summed E-state index contributed by atoms with van der Waals surface area (Å²) in [6.07, 6.45) is -3.34. The Balaban J connectivity index is 1.37. The minimum absolute atomic E-state index is 0.0178. The number of benzene rings is 2. The van der Waals surface area contributed by atoms with Gasteiger partial charge < -0.3 is 20.7 Å². The van der Waals surface area contributed by atoms with Gasteiger partial charge in [0.1, 0.15) is 5.75 Å². The van der Waals surface area contributed by atoms with Crippen LogP contribution in [0.15, 0.2) is 54.6 Å². The highest BCUT2D eigenvalue weighted by Gasteiger charge is 2.31. The molecular weight excluding hydrogens is 413 g/mol. The number of ether oxygens (including phenoxy) is 1. The number of carbonyl (C=O) groups excluding carboxylic acids is 2. The molecule has 7 nitrogen and oxygen atoms in total. The topological polar surface area (TPSA) is 82.7 Å². The minimum Gasteiger partial charge on any atom is -0.406 e. The first-order chi connectivity index (χ1) is 14.8. The maximum atomic E-state index is 12.2. The number of hydrogen-bond donors (Lipinski definition) is 3. The van der Waals surface area contributed by atoms with Crippen molar-refractivity contribution >= 4 is 23.3 Å². The smallest absolute Gasteiger partial charge is 0.406 e. The standard InChI is InChI=1S/C21H23F3N4O3/c22-21(23,24)31-18-8-6-16(7-9-18)25-19(29)14-28-12-10-17(11-13-28)27-20(30)26-15-4-2-1-3-5-15/h1-9,17H,10-14H2,(H,25,29)(H2,26,27,30). The summed E-state index contributed by atoms with van der Waals surface area (Å²) in [6.45, 7) is 1.44. The number of piperidine rings is 1. The molecule has 1 aliphatic heterocycles. The molecule has 0 aromatic heterocycles. The fourth-order valence-corrected chi connectivity index (χ4v) is 3.25. The van der Waals surface area contributed by atoms with Crippen LogP contribution in [0.1, 0.15) is 12.8 Å². The van der Waals surface area contributed by atoms with Gasteiger partial charge in [-0.25, -0.2) is 4.79 Å². The van der Waals surface area contributed by atoms with E-state index in [0.717, 1.165) is 12.1 Å². The van der Waals surface area contributed by atoms with Gasteiger partial charge in [0.2, 0.25) is 5.91 Å². The highest BCUT2D eigenvalue weighted by Crippen LogP contribution is 2.24. The van der Waals surface area contributed by atoms with Crippen LogP contribution in [0.25, 0.3) is 0 Å². The van der Waals surface area contributed by atoms with Crippen LogP contribution >= 0.6 is 0 Å². The number of hydrogen-bond acceptors (Lipinski definition) is 4. The predicted molar refractivity (Wildman–Crippen MR) is 110 cm³/mol. The third kappa shape index (κ3) is 7.82. The molecule has 2 aromatic rings. The van der Waals surface area contributed by atoms with Gasteiger partial charge in [0, 0.05) is 30.5 Å². The summed E-state index contributed by atoms with van der Waals surface area (Å²) in [5.41, 5.74) is 1.10. The number of nitrogens with one attached hydrogen (secondary N) is 3. The van der Waals surface area contributed by atoms with E-state index in [1.165, 1.54) is 12.1 Å². The summed E-state index contributed by atoms with van der Waals surface area (Å²) < 4.78 is 40.4. The van der Waals surface area contributed by atoms with Crippen molar-refractivity contribution in [3.05, 3.63) is 54.6 Å². The highest BCUT2D eigenvalue weighted by atomic mass is 19.4. The maximum Gasteiger partial charge on any atom is 0.573 e. The first kappa shape index (κ1) is 22.4. The molecule has 166 valence electrons. The van der Waals surface area contributed by atoms with E-state index >= 15 is 0 Å². The second-order valence-corrected chi connectivity index (χ2v) is 7.14. The summed E-state index contributed by atoms with van der Waals surface area (Å²) in [5, 5.41) is 8.36. The molecule has 1 heterocycles. The van der Waals surface area contributed by atoms with E-state index in [-0.39, 0.29) is 30.3 Å². The largest absolute Gasteiger partial charge is 0.573 e. The van der Waals surface area contributed by atoms with E-state index in [2.05, 4.69) is 20.7 Å². The molecule has 1 saturated heterocycles. The molecule has 1 aliphatic rings. The molecule has 3 rings (SSSR count). The molecule has 0 atom stereocenters. The monoisotopic (exact) mass is 436 g/mol. The number of amides is 3. The fourth-order valence-electron chi connectivity index (χ4n) is 3.25. The summed E-state index contributed by atoms with van der Waals surface area (Å²) in [5.74, 6) is -0.617. The first-order valence-corrected chi connectivity index (χ1v) is 9.77. The number of nitrogens with zero attached hydrogens (tertiary/aromatic N) is 1. The SMILES string of the molecule is O=C(CN1CCC(NC(=O)Nc2ccccc2)CC1)Nc1ccc(OC(F)(F)F)cc1. The van der Waals surface area contributed by atoms with Crippen LogP contribution in [0.3, 0.4) is 0 Å². The number of urea groups is 1. The highest BCUT2D eigenvalue weighted by molar-refractivity contribution is 5.92. The quantitative estimate of drug-likeness (QED) is 0.643. The molecular formula is C21H23F3N4O3. The van der Waals surface area contributed by atoms with Gasteiger partial charge in [0.05, 0.1) is 6.54 Å². The Morgan fingerprint density at radius 1 is 0.935 bits per heavy atom. The van der Waals surface area contributed by atoms with Crippen molar-refractivity contribution in [1.82, 2.24) is 10.2 Å². The number of halogens is 3. The second-order valence-electron chi connectivity index (χ2n) is 7.14. The molecule has 0 aliphatic carbocycles. The van der Waals surface area contributed by atoms with E-state index in [4.69, 9.17) is 0 Å². The van der Waals surface area contributed by atoms with Gasteiger partial charge in [-0.3, -0.25) is 9.69 Å². The van der Waals surface area contributed by atoms with Gasteiger partial charge in [-0.05, 0) is 49.2 Å². The van der Waals surface area contributed by atoms with Gasteiger partial charge in [-0.2, -0.15) is 0 Å². The van der Waals surface area contributed by atoms with Crippen LogP contribution in [-0.2, 0) is 4.79 Å². The molecule has 3 amide bonds. The Bertz CT molecular complexity index is 868. The van der Waals surface area contributed by atoms with Crippen LogP contribution in [0.2, 0.25) is 0 Å². The number of carbonyl (C=O) groups is 2. The number of rotatable bonds is 6. The van der Waals surface area contributed by atoms with Crippen molar-refractivity contribution < 1.29 is 27.5 Å². The molecule has 1 fully saturated rings. The summed E-state index contributed by atoms with van der Waals surface area (Å²) in [7, 11) is 0. The summed E-state index contributed by atoms with van der Waals surface area (Å²) >= 11 is 0. The van der Waals surface area contributed by atoms with E-state index in [1.54, 1.807) is 12.1 Å². The van der Waals surface area contributed by atoms with Crippen molar-refractivity contribution in [2.45, 2.75) is 25.2 Å². The van der Waals surface area contributed by atoms with E-state index in [1.807, 2.05) is 23.1 Å². The van der Waals surface area contributed by atoms with Crippen molar-refractivity contribution in [2.75, 3.05) is 30.3 Å². The fraction of sp³-hybridized carbons (Fsp3) is 0.333. The lowest BCUT2D eigenvalue weighted by Gasteiger charge is -2.31. The molecule has 0 spiro atoms.